The van der Waals surface area contributed by atoms with Crippen molar-refractivity contribution in [2.45, 2.75) is 56.4 Å². The maximum atomic E-state index is 12.8. The quantitative estimate of drug-likeness (QED) is 0.652. The number of nitrogens with one attached hydrogen (secondary N) is 1. The second-order valence-electron chi connectivity index (χ2n) is 7.96. The van der Waals surface area contributed by atoms with Crippen LogP contribution < -0.4 is 5.32 Å². The number of benzene rings is 1. The van der Waals surface area contributed by atoms with Crippen molar-refractivity contribution in [3.8, 4) is 0 Å². The van der Waals surface area contributed by atoms with Crippen LogP contribution in [0.5, 0.6) is 0 Å². The van der Waals surface area contributed by atoms with Gasteiger partial charge in [-0.25, -0.2) is 8.42 Å². The summed E-state index contributed by atoms with van der Waals surface area (Å²) in [5.41, 5.74) is 0.410. The number of amidine groups is 1. The summed E-state index contributed by atoms with van der Waals surface area (Å²) in [4.78, 5) is 14.7. The lowest BCUT2D eigenvalue weighted by molar-refractivity contribution is -0.120. The second kappa shape index (κ2) is 9.66. The highest BCUT2D eigenvalue weighted by molar-refractivity contribution is 7.90. The van der Waals surface area contributed by atoms with Gasteiger partial charge in [0.2, 0.25) is 15.9 Å². The number of carbonyl (C=O) groups is 1. The third-order valence-electron chi connectivity index (χ3n) is 5.56. The Hall–Kier alpha value is -1.98. The van der Waals surface area contributed by atoms with E-state index in [4.69, 9.17) is 0 Å². The maximum absolute atomic E-state index is 12.8. The first-order valence-corrected chi connectivity index (χ1v) is 13.6. The summed E-state index contributed by atoms with van der Waals surface area (Å²) >= 11 is 0. The molecule has 9 nitrogen and oxygen atoms in total. The first-order chi connectivity index (χ1) is 14.6. The largest absolute Gasteiger partial charge is 0.362 e. The van der Waals surface area contributed by atoms with Crippen molar-refractivity contribution in [3.63, 3.8) is 0 Å². The summed E-state index contributed by atoms with van der Waals surface area (Å²) in [5.74, 6) is 0.159. The SMILES string of the molecule is CCCS(=O)(=O)N1CCCCC1C(=O)Nc1ccc(S(=O)(=O)/N=C2/CCCN2C)cc1. The first-order valence-electron chi connectivity index (χ1n) is 10.6. The van der Waals surface area contributed by atoms with Crippen LogP contribution in [0.4, 0.5) is 5.69 Å². The Kier molecular flexibility index (Phi) is 7.38. The Morgan fingerprint density at radius 1 is 1.10 bits per heavy atom. The van der Waals surface area contributed by atoms with Crippen molar-refractivity contribution in [2.75, 3.05) is 31.2 Å². The number of sulfonamides is 2. The topological polar surface area (TPSA) is 116 Å². The molecular weight excluding hydrogens is 440 g/mol. The molecule has 2 saturated heterocycles. The fourth-order valence-corrected chi connectivity index (χ4v) is 6.75. The van der Waals surface area contributed by atoms with Crippen LogP contribution in [-0.4, -0.2) is 69.7 Å². The van der Waals surface area contributed by atoms with Crippen LogP contribution in [0.2, 0.25) is 0 Å². The molecule has 2 aliphatic rings. The molecule has 1 unspecified atom stereocenters. The van der Waals surface area contributed by atoms with Gasteiger partial charge in [0, 0.05) is 32.2 Å². The molecule has 0 spiro atoms. The standard InChI is InChI=1S/C20H30N4O5S2/c1-3-15-30(26,27)24-14-5-4-7-18(24)20(25)21-16-9-11-17(12-10-16)31(28,29)22-19-8-6-13-23(19)2/h9-12,18H,3-8,13-15H2,1-2H3,(H,21,25)/b22-19-. The van der Waals surface area contributed by atoms with Gasteiger partial charge in [-0.15, -0.1) is 4.40 Å². The monoisotopic (exact) mass is 470 g/mol. The van der Waals surface area contributed by atoms with Gasteiger partial charge in [0.05, 0.1) is 10.6 Å². The molecule has 3 rings (SSSR count). The highest BCUT2D eigenvalue weighted by Gasteiger charge is 2.36. The van der Waals surface area contributed by atoms with Gasteiger partial charge in [-0.2, -0.15) is 12.7 Å². The smallest absolute Gasteiger partial charge is 0.283 e. The lowest BCUT2D eigenvalue weighted by atomic mass is 10.0. The number of rotatable bonds is 7. The van der Waals surface area contributed by atoms with E-state index in [1.807, 2.05) is 11.9 Å². The van der Waals surface area contributed by atoms with Crippen LogP contribution in [0.25, 0.3) is 0 Å². The van der Waals surface area contributed by atoms with Gasteiger partial charge in [-0.05, 0) is 49.9 Å². The Labute approximate surface area is 184 Å². The molecule has 2 aliphatic heterocycles. The molecule has 1 atom stereocenters. The number of hydrogen-bond donors (Lipinski definition) is 1. The van der Waals surface area contributed by atoms with Crippen molar-refractivity contribution in [3.05, 3.63) is 24.3 Å². The number of likely N-dealkylation sites (tertiary alicyclic amines) is 1. The van der Waals surface area contributed by atoms with Crippen LogP contribution in [0.1, 0.15) is 45.4 Å². The third kappa shape index (κ3) is 5.64. The minimum absolute atomic E-state index is 0.0149. The molecule has 1 aromatic carbocycles. The highest BCUT2D eigenvalue weighted by Crippen LogP contribution is 2.24. The van der Waals surface area contributed by atoms with Crippen LogP contribution in [0, 0.1) is 0 Å². The van der Waals surface area contributed by atoms with Gasteiger partial charge in [-0.3, -0.25) is 4.79 Å². The van der Waals surface area contributed by atoms with Gasteiger partial charge >= 0.3 is 0 Å². The molecule has 0 aromatic heterocycles. The Bertz CT molecular complexity index is 1040. The summed E-state index contributed by atoms with van der Waals surface area (Å²) < 4.78 is 55.4. The Balaban J connectivity index is 1.72. The molecule has 0 bridgehead atoms. The molecule has 11 heteroatoms. The number of carbonyl (C=O) groups excluding carboxylic acids is 1. The normalized spacial score (nSPS) is 22.1. The van der Waals surface area contributed by atoms with Gasteiger partial charge in [0.25, 0.3) is 10.0 Å². The summed E-state index contributed by atoms with van der Waals surface area (Å²) in [6, 6.07) is 5.04. The van der Waals surface area contributed by atoms with Gasteiger partial charge in [0.1, 0.15) is 11.9 Å². The number of hydrogen-bond acceptors (Lipinski definition) is 5. The highest BCUT2D eigenvalue weighted by atomic mass is 32.2. The molecule has 0 aliphatic carbocycles. The molecule has 0 saturated carbocycles. The summed E-state index contributed by atoms with van der Waals surface area (Å²) in [7, 11) is -5.50. The van der Waals surface area contributed by atoms with E-state index in [2.05, 4.69) is 9.71 Å². The van der Waals surface area contributed by atoms with E-state index in [1.54, 1.807) is 6.92 Å². The van der Waals surface area contributed by atoms with E-state index in [-0.39, 0.29) is 10.6 Å². The van der Waals surface area contributed by atoms with Gasteiger partial charge in [-0.1, -0.05) is 13.3 Å². The van der Waals surface area contributed by atoms with Crippen LogP contribution in [-0.2, 0) is 24.8 Å². The lowest BCUT2D eigenvalue weighted by Gasteiger charge is -2.33. The van der Waals surface area contributed by atoms with E-state index < -0.39 is 32.0 Å². The molecule has 172 valence electrons. The molecule has 1 amide bonds. The fraction of sp³-hybridized carbons (Fsp3) is 0.600. The number of nitrogens with zero attached hydrogens (tertiary/aromatic N) is 3. The van der Waals surface area contributed by atoms with Crippen LogP contribution in [0.3, 0.4) is 0 Å². The summed E-state index contributed by atoms with van der Waals surface area (Å²) in [5, 5.41) is 2.73. The lowest BCUT2D eigenvalue weighted by Crippen LogP contribution is -2.50. The van der Waals surface area contributed by atoms with Crippen molar-refractivity contribution >= 4 is 37.5 Å². The van der Waals surface area contributed by atoms with Crippen molar-refractivity contribution in [1.82, 2.24) is 9.21 Å². The Morgan fingerprint density at radius 2 is 1.81 bits per heavy atom. The minimum Gasteiger partial charge on any atom is -0.362 e. The summed E-state index contributed by atoms with van der Waals surface area (Å²) in [6.07, 6.45) is 3.97. The number of piperidine rings is 1. The van der Waals surface area contributed by atoms with Gasteiger partial charge < -0.3 is 10.2 Å². The minimum atomic E-state index is -3.83. The predicted octanol–water partition coefficient (Wildman–Crippen LogP) is 2.03. The van der Waals surface area contributed by atoms with E-state index in [0.717, 1.165) is 25.8 Å². The predicted molar refractivity (Wildman–Crippen MR) is 120 cm³/mol. The van der Waals surface area contributed by atoms with E-state index in [0.29, 0.717) is 37.3 Å². The second-order valence-corrected chi connectivity index (χ2v) is 11.6. The van der Waals surface area contributed by atoms with Crippen molar-refractivity contribution in [1.29, 1.82) is 0 Å². The average Bonchev–Trinajstić information content (AvgIpc) is 3.12. The zero-order valence-electron chi connectivity index (χ0n) is 18.0. The molecule has 31 heavy (non-hydrogen) atoms. The average molecular weight is 471 g/mol. The number of amides is 1. The first kappa shape index (κ1) is 23.7. The van der Waals surface area contributed by atoms with Crippen LogP contribution in [0.15, 0.2) is 33.6 Å². The molecule has 2 heterocycles. The van der Waals surface area contributed by atoms with Crippen LogP contribution >= 0.6 is 0 Å². The third-order valence-corrected chi connectivity index (χ3v) is 8.95. The molecule has 1 N–H and O–H groups in total. The maximum Gasteiger partial charge on any atom is 0.283 e. The fourth-order valence-electron chi connectivity index (χ4n) is 3.91. The van der Waals surface area contributed by atoms with Gasteiger partial charge in [0.15, 0.2) is 0 Å². The molecular formula is C20H30N4O5S2. The molecule has 0 radical (unpaired) electrons. The van der Waals surface area contributed by atoms with E-state index in [9.17, 15) is 21.6 Å². The zero-order chi connectivity index (χ0) is 22.6. The summed E-state index contributed by atoms with van der Waals surface area (Å²) in [6.45, 7) is 2.92. The van der Waals surface area contributed by atoms with E-state index >= 15 is 0 Å². The van der Waals surface area contributed by atoms with E-state index in [1.165, 1.54) is 28.6 Å². The van der Waals surface area contributed by atoms with Crippen molar-refractivity contribution in [2.24, 2.45) is 4.40 Å². The van der Waals surface area contributed by atoms with Crippen molar-refractivity contribution < 1.29 is 21.6 Å². The Morgan fingerprint density at radius 3 is 2.42 bits per heavy atom. The molecule has 1 aromatic rings. The number of anilines is 1. The zero-order valence-corrected chi connectivity index (χ0v) is 19.6. The molecule has 2 fully saturated rings.